The van der Waals surface area contributed by atoms with Crippen molar-refractivity contribution in [2.24, 2.45) is 5.73 Å². The van der Waals surface area contributed by atoms with Crippen LogP contribution < -0.4 is 10.5 Å². The third-order valence-electron chi connectivity index (χ3n) is 3.60. The zero-order valence-electron chi connectivity index (χ0n) is 11.8. The average Bonchev–Trinajstić information content (AvgIpc) is 2.96. The number of nitrogens with two attached hydrogens (primary N) is 1. The van der Waals surface area contributed by atoms with Crippen molar-refractivity contribution in [2.75, 3.05) is 5.75 Å². The largest absolute Gasteiger partial charge is 0.326 e. The molecule has 6 nitrogen and oxygen atoms in total. The monoisotopic (exact) mass is 318 g/mol. The number of aromatic nitrogens is 2. The molecule has 1 saturated carbocycles. The maximum absolute atomic E-state index is 12.4. The second-order valence-corrected chi connectivity index (χ2v) is 8.25. The summed E-state index contributed by atoms with van der Waals surface area (Å²) in [5.74, 6) is 1.07. The van der Waals surface area contributed by atoms with Gasteiger partial charge >= 0.3 is 0 Å². The van der Waals surface area contributed by atoms with Crippen LogP contribution in [0.15, 0.2) is 5.03 Å². The highest BCUT2D eigenvalue weighted by atomic mass is 32.2. The number of rotatable bonds is 6. The van der Waals surface area contributed by atoms with Gasteiger partial charge in [0.1, 0.15) is 0 Å². The minimum atomic E-state index is -3.59. The molecule has 20 heavy (non-hydrogen) atoms. The number of H-pyrrole nitrogens is 1. The molecular formula is C12H22N4O2S2. The molecular weight excluding hydrogens is 296 g/mol. The zero-order valence-corrected chi connectivity index (χ0v) is 13.5. The van der Waals surface area contributed by atoms with Gasteiger partial charge in [0.2, 0.25) is 0 Å². The van der Waals surface area contributed by atoms with Crippen molar-refractivity contribution in [2.45, 2.75) is 56.0 Å². The minimum Gasteiger partial charge on any atom is -0.326 e. The Bertz CT molecular complexity index is 556. The zero-order chi connectivity index (χ0) is 14.8. The van der Waals surface area contributed by atoms with E-state index in [1.54, 1.807) is 6.92 Å². The van der Waals surface area contributed by atoms with Crippen LogP contribution in [0.2, 0.25) is 0 Å². The van der Waals surface area contributed by atoms with E-state index in [1.807, 2.05) is 11.8 Å². The van der Waals surface area contributed by atoms with Crippen molar-refractivity contribution in [1.82, 2.24) is 14.9 Å². The Hall–Kier alpha value is -0.570. The maximum atomic E-state index is 12.4. The Morgan fingerprint density at radius 1 is 1.50 bits per heavy atom. The van der Waals surface area contributed by atoms with Gasteiger partial charge in [-0.2, -0.15) is 16.9 Å². The van der Waals surface area contributed by atoms with Crippen molar-refractivity contribution >= 4 is 21.8 Å². The number of hydrogen-bond acceptors (Lipinski definition) is 5. The van der Waals surface area contributed by atoms with E-state index in [0.29, 0.717) is 16.5 Å². The molecule has 0 amide bonds. The molecule has 2 rings (SSSR count). The predicted molar refractivity (Wildman–Crippen MR) is 81.1 cm³/mol. The number of aryl methyl sites for hydroxylation is 1. The summed E-state index contributed by atoms with van der Waals surface area (Å²) in [6, 6.07) is 0.00619. The molecule has 0 bridgehead atoms. The molecule has 1 aromatic rings. The Balaban J connectivity index is 2.08. The number of hydrogen-bond donors (Lipinski definition) is 3. The highest BCUT2D eigenvalue weighted by molar-refractivity contribution is 7.99. The third kappa shape index (κ3) is 3.36. The van der Waals surface area contributed by atoms with Crippen molar-refractivity contribution in [1.29, 1.82) is 0 Å². The van der Waals surface area contributed by atoms with Crippen LogP contribution in [0.1, 0.15) is 37.4 Å². The van der Waals surface area contributed by atoms with Crippen molar-refractivity contribution in [3.05, 3.63) is 11.3 Å². The summed E-state index contributed by atoms with van der Waals surface area (Å²) in [7, 11) is -3.59. The van der Waals surface area contributed by atoms with E-state index >= 15 is 0 Å². The average molecular weight is 318 g/mol. The summed E-state index contributed by atoms with van der Waals surface area (Å²) in [4.78, 5) is 0. The van der Waals surface area contributed by atoms with Crippen LogP contribution in [0.5, 0.6) is 0 Å². The van der Waals surface area contributed by atoms with Gasteiger partial charge in [0, 0.05) is 29.1 Å². The molecule has 114 valence electrons. The first-order valence-corrected chi connectivity index (χ1v) is 9.39. The highest BCUT2D eigenvalue weighted by Crippen LogP contribution is 2.30. The van der Waals surface area contributed by atoms with Gasteiger partial charge in [-0.25, -0.2) is 13.1 Å². The summed E-state index contributed by atoms with van der Waals surface area (Å²) < 4.78 is 27.5. The number of thioether (sulfide) groups is 1. The van der Waals surface area contributed by atoms with Crippen molar-refractivity contribution in [3.63, 3.8) is 0 Å². The van der Waals surface area contributed by atoms with E-state index in [4.69, 9.17) is 5.73 Å². The summed E-state index contributed by atoms with van der Waals surface area (Å²) in [6.07, 6.45) is 2.84. The van der Waals surface area contributed by atoms with E-state index in [9.17, 15) is 8.42 Å². The van der Waals surface area contributed by atoms with Gasteiger partial charge in [0.15, 0.2) is 5.03 Å². The molecule has 0 aromatic carbocycles. The fourth-order valence-corrected chi connectivity index (χ4v) is 5.24. The Kier molecular flexibility index (Phi) is 5.11. The molecule has 0 aliphatic heterocycles. The van der Waals surface area contributed by atoms with Crippen LogP contribution in [0.25, 0.3) is 0 Å². The second-order valence-electron chi connectivity index (χ2n) is 5.05. The smallest absolute Gasteiger partial charge is 0.260 e. The molecule has 2 unspecified atom stereocenters. The first kappa shape index (κ1) is 15.8. The third-order valence-corrected chi connectivity index (χ3v) is 6.33. The van der Waals surface area contributed by atoms with Crippen LogP contribution in [0, 0.1) is 6.92 Å². The predicted octanol–water partition coefficient (Wildman–Crippen LogP) is 1.13. The van der Waals surface area contributed by atoms with E-state index in [-0.39, 0.29) is 17.6 Å². The molecule has 1 aliphatic rings. The summed E-state index contributed by atoms with van der Waals surface area (Å²) in [5.41, 5.74) is 6.88. The molecule has 0 spiro atoms. The van der Waals surface area contributed by atoms with Gasteiger partial charge in [-0.05, 0) is 31.9 Å². The first-order chi connectivity index (χ1) is 9.47. The SMILES string of the molecule is CCSC1CCC(NS(=O)(=O)c2n[nH]c(C)c2CN)C1. The molecule has 0 radical (unpaired) electrons. The lowest BCUT2D eigenvalue weighted by atomic mass is 10.3. The molecule has 8 heteroatoms. The molecule has 0 saturated heterocycles. The number of nitrogens with zero attached hydrogens (tertiary/aromatic N) is 1. The van der Waals surface area contributed by atoms with Crippen molar-refractivity contribution in [3.8, 4) is 0 Å². The first-order valence-electron chi connectivity index (χ1n) is 6.85. The van der Waals surface area contributed by atoms with E-state index in [2.05, 4.69) is 21.8 Å². The summed E-state index contributed by atoms with van der Waals surface area (Å²) >= 11 is 1.90. The van der Waals surface area contributed by atoms with Crippen LogP contribution in [-0.2, 0) is 16.6 Å². The lowest BCUT2D eigenvalue weighted by Crippen LogP contribution is -2.34. The number of nitrogens with one attached hydrogen (secondary N) is 2. The number of aromatic amines is 1. The number of sulfonamides is 1. The highest BCUT2D eigenvalue weighted by Gasteiger charge is 2.31. The van der Waals surface area contributed by atoms with Crippen LogP contribution in [-0.4, -0.2) is 35.7 Å². The van der Waals surface area contributed by atoms with E-state index in [0.717, 1.165) is 25.0 Å². The van der Waals surface area contributed by atoms with Crippen LogP contribution >= 0.6 is 11.8 Å². The van der Waals surface area contributed by atoms with Crippen LogP contribution in [0.4, 0.5) is 0 Å². The maximum Gasteiger partial charge on any atom is 0.260 e. The summed E-state index contributed by atoms with van der Waals surface area (Å²) in [6.45, 7) is 4.07. The fourth-order valence-electron chi connectivity index (χ4n) is 2.60. The van der Waals surface area contributed by atoms with E-state index in [1.165, 1.54) is 0 Å². The Morgan fingerprint density at radius 3 is 2.90 bits per heavy atom. The molecule has 1 aromatic heterocycles. The van der Waals surface area contributed by atoms with Crippen molar-refractivity contribution < 1.29 is 8.42 Å². The van der Waals surface area contributed by atoms with E-state index < -0.39 is 10.0 Å². The topological polar surface area (TPSA) is 101 Å². The quantitative estimate of drug-likeness (QED) is 0.730. The molecule has 1 aliphatic carbocycles. The normalized spacial score (nSPS) is 23.4. The van der Waals surface area contributed by atoms with Gasteiger partial charge in [-0.1, -0.05) is 6.92 Å². The standard InChI is InChI=1S/C12H22N4O2S2/c1-3-19-10-5-4-9(6-10)16-20(17,18)12-11(7-13)8(2)14-15-12/h9-10,16H,3-7,13H2,1-2H3,(H,14,15). The van der Waals surface area contributed by atoms with Crippen LogP contribution in [0.3, 0.4) is 0 Å². The molecule has 1 heterocycles. The Labute approximate surface area is 124 Å². The second kappa shape index (κ2) is 6.46. The molecule has 4 N–H and O–H groups in total. The lowest BCUT2D eigenvalue weighted by Gasteiger charge is -2.13. The molecule has 2 atom stereocenters. The molecule has 1 fully saturated rings. The van der Waals surface area contributed by atoms with Gasteiger partial charge < -0.3 is 5.73 Å². The van der Waals surface area contributed by atoms with Gasteiger partial charge in [-0.15, -0.1) is 0 Å². The van der Waals surface area contributed by atoms with Gasteiger partial charge in [0.05, 0.1) is 0 Å². The van der Waals surface area contributed by atoms with Gasteiger partial charge in [0.25, 0.3) is 10.0 Å². The lowest BCUT2D eigenvalue weighted by molar-refractivity contribution is 0.547. The summed E-state index contributed by atoms with van der Waals surface area (Å²) in [5, 5.41) is 7.19. The fraction of sp³-hybridized carbons (Fsp3) is 0.750. The van der Waals surface area contributed by atoms with Gasteiger partial charge in [-0.3, -0.25) is 5.10 Å². The Morgan fingerprint density at radius 2 is 2.25 bits per heavy atom. The minimum absolute atomic E-state index is 0.00619.